The molecule has 0 bridgehead atoms. The van der Waals surface area contributed by atoms with Crippen molar-refractivity contribution in [2.24, 2.45) is 0 Å². The summed E-state index contributed by atoms with van der Waals surface area (Å²) >= 11 is 0. The van der Waals surface area contributed by atoms with Gasteiger partial charge in [0.05, 0.1) is 11.1 Å². The van der Waals surface area contributed by atoms with Crippen molar-refractivity contribution in [2.75, 3.05) is 0 Å². The number of hydrogen-bond donors (Lipinski definition) is 1. The molecule has 0 saturated heterocycles. The van der Waals surface area contributed by atoms with E-state index in [0.29, 0.717) is 17.6 Å². The van der Waals surface area contributed by atoms with E-state index in [-0.39, 0.29) is 72.9 Å². The molecule has 0 unspecified atom stereocenters. The first-order chi connectivity index (χ1) is 17.4. The normalized spacial score (nSPS) is 13.9. The van der Waals surface area contributed by atoms with E-state index in [2.05, 4.69) is 4.98 Å². The number of aromatic carboxylic acids is 1. The minimum Gasteiger partial charge on any atom is -1.00 e. The Bertz CT molecular complexity index is 1390. The summed E-state index contributed by atoms with van der Waals surface area (Å²) in [6.45, 7) is -0.279. The van der Waals surface area contributed by atoms with Crippen LogP contribution in [-0.4, -0.2) is 16.1 Å². The molecule has 0 fully saturated rings. The molecule has 196 valence electrons. The summed E-state index contributed by atoms with van der Waals surface area (Å²) in [5.41, 5.74) is -2.64. The predicted octanol–water partition coefficient (Wildman–Crippen LogP) is 4.75. The molecule has 38 heavy (non-hydrogen) atoms. The van der Waals surface area contributed by atoms with E-state index in [1.54, 1.807) is 6.07 Å². The number of carboxylic acid groups (broad SMARTS) is 1. The number of rotatable bonds is 6. The van der Waals surface area contributed by atoms with Gasteiger partial charge < -0.3 is 11.3 Å². The van der Waals surface area contributed by atoms with Gasteiger partial charge in [-0.3, -0.25) is 4.98 Å². The molecule has 1 heterocycles. The number of nitrogens with zero attached hydrogens (tertiary/aromatic N) is 1. The van der Waals surface area contributed by atoms with Crippen molar-refractivity contribution in [3.63, 3.8) is 0 Å². The molecule has 1 aromatic heterocycles. The molecule has 12 heteroatoms. The quantitative estimate of drug-likeness (QED) is 0.357. The number of halogens is 7. The van der Waals surface area contributed by atoms with E-state index in [0.717, 1.165) is 30.5 Å². The number of ether oxygens (including phenoxy) is 1. The Kier molecular flexibility index (Phi) is 8.95. The minimum absolute atomic E-state index is 0. The number of alkyl halides is 6. The van der Waals surface area contributed by atoms with Gasteiger partial charge >= 0.3 is 47.9 Å². The smallest absolute Gasteiger partial charge is 1.00 e. The zero-order valence-electron chi connectivity index (χ0n) is 20.9. The van der Waals surface area contributed by atoms with Gasteiger partial charge in [0, 0.05) is 17.3 Å². The maximum absolute atomic E-state index is 14.0. The first-order valence-corrected chi connectivity index (χ1v) is 11.0. The van der Waals surface area contributed by atoms with E-state index >= 15 is 0 Å². The third kappa shape index (κ3) is 6.39. The molecule has 0 atom stereocenters. The Morgan fingerprint density at radius 2 is 1.66 bits per heavy atom. The van der Waals surface area contributed by atoms with Crippen LogP contribution in [0.25, 0.3) is 11.1 Å². The van der Waals surface area contributed by atoms with E-state index in [1.165, 1.54) is 18.2 Å². The van der Waals surface area contributed by atoms with Crippen molar-refractivity contribution < 1.29 is 76.4 Å². The fourth-order valence-corrected chi connectivity index (χ4v) is 4.22. The summed E-state index contributed by atoms with van der Waals surface area (Å²) in [5, 5.41) is 9.32. The molecule has 1 N–H and O–H groups in total. The Balaban J connectivity index is 0.00000267. The van der Waals surface area contributed by atoms with Gasteiger partial charge in [0.15, 0.2) is 5.69 Å². The van der Waals surface area contributed by atoms with E-state index in [1.807, 2.05) is 0 Å². The molecule has 0 saturated carbocycles. The maximum Gasteiger partial charge on any atom is 1.00 e. The van der Waals surface area contributed by atoms with Crippen molar-refractivity contribution in [1.82, 2.24) is 4.98 Å². The van der Waals surface area contributed by atoms with Gasteiger partial charge in [-0.25, -0.2) is 9.18 Å². The van der Waals surface area contributed by atoms with Crippen LogP contribution in [0.2, 0.25) is 0 Å². The molecule has 3 aromatic rings. The Hall–Kier alpha value is -2.89. The van der Waals surface area contributed by atoms with Gasteiger partial charge in [-0.05, 0) is 66.3 Å². The zero-order chi connectivity index (χ0) is 27.0. The van der Waals surface area contributed by atoms with Crippen molar-refractivity contribution in [3.05, 3.63) is 94.1 Å². The summed E-state index contributed by atoms with van der Waals surface area (Å²) in [6, 6.07) is 9.33. The second-order valence-electron chi connectivity index (χ2n) is 8.32. The topological polar surface area (TPSA) is 59.4 Å². The number of carbonyl (C=O) groups is 1. The predicted molar refractivity (Wildman–Crippen MR) is 120 cm³/mol. The monoisotopic (exact) mass is 549 g/mol. The van der Waals surface area contributed by atoms with E-state index < -0.39 is 41.0 Å². The average Bonchev–Trinajstić information content (AvgIpc) is 3.31. The molecule has 2 aromatic carbocycles. The second kappa shape index (κ2) is 11.5. The molecule has 1 aliphatic rings. The maximum atomic E-state index is 14.0. The number of carboxylic acids is 1. The van der Waals surface area contributed by atoms with Gasteiger partial charge in [-0.2, -0.15) is 26.3 Å². The first-order valence-electron chi connectivity index (χ1n) is 11.0. The van der Waals surface area contributed by atoms with Crippen LogP contribution in [0, 0.1) is 5.82 Å². The summed E-state index contributed by atoms with van der Waals surface area (Å²) in [7, 11) is 0. The number of allylic oxidation sites excluding steroid dienone is 2. The Morgan fingerprint density at radius 1 is 0.974 bits per heavy atom. The minimum atomic E-state index is -5.01. The Labute approximate surface area is 235 Å². The molecule has 4 rings (SSSR count). The van der Waals surface area contributed by atoms with Crippen LogP contribution in [0.3, 0.4) is 0 Å². The fraction of sp³-hybridized carbons (Fsp3) is 0.231. The Morgan fingerprint density at radius 3 is 2.29 bits per heavy atom. The van der Waals surface area contributed by atoms with E-state index in [9.17, 15) is 40.6 Å². The van der Waals surface area contributed by atoms with Gasteiger partial charge in [-0.1, -0.05) is 18.2 Å². The summed E-state index contributed by atoms with van der Waals surface area (Å²) < 4.78 is 100.0. The van der Waals surface area contributed by atoms with Gasteiger partial charge in [0.25, 0.3) is 0 Å². The average molecular weight is 549 g/mol. The molecular weight excluding hydrogens is 530 g/mol. The molecule has 0 aliphatic heterocycles. The van der Waals surface area contributed by atoms with Crippen molar-refractivity contribution in [1.29, 1.82) is 0 Å². The van der Waals surface area contributed by atoms with Crippen molar-refractivity contribution in [3.8, 4) is 5.75 Å². The van der Waals surface area contributed by atoms with Gasteiger partial charge in [0.1, 0.15) is 18.2 Å². The van der Waals surface area contributed by atoms with Gasteiger partial charge in [0.2, 0.25) is 0 Å². The molecule has 0 radical (unpaired) electrons. The number of hydrogen-bond acceptors (Lipinski definition) is 3. The third-order valence-corrected chi connectivity index (χ3v) is 5.93. The van der Waals surface area contributed by atoms with Gasteiger partial charge in [-0.15, -0.1) is 0 Å². The van der Waals surface area contributed by atoms with Crippen LogP contribution in [0.5, 0.6) is 5.75 Å². The van der Waals surface area contributed by atoms with Crippen LogP contribution in [-0.2, 0) is 19.0 Å². The molecule has 1 aliphatic carbocycles. The van der Waals surface area contributed by atoms with Crippen molar-refractivity contribution >= 4 is 17.1 Å². The summed E-state index contributed by atoms with van der Waals surface area (Å²) in [6.07, 6.45) is -7.85. The summed E-state index contributed by atoms with van der Waals surface area (Å²) in [5.74, 6) is -2.38. The van der Waals surface area contributed by atoms with Crippen LogP contribution in [0.1, 0.15) is 59.0 Å². The molecule has 0 amide bonds. The third-order valence-electron chi connectivity index (χ3n) is 5.93. The van der Waals surface area contributed by atoms with Crippen LogP contribution < -0.4 is 34.3 Å². The largest absolute Gasteiger partial charge is 1.00 e. The summed E-state index contributed by atoms with van der Waals surface area (Å²) in [4.78, 5) is 14.8. The second-order valence-corrected chi connectivity index (χ2v) is 8.32. The number of pyridine rings is 1. The fourth-order valence-electron chi connectivity index (χ4n) is 4.22. The molecule has 4 nitrogen and oxygen atoms in total. The SMILES string of the molecule is O=C(O)c1cc(C2=C(c3cc(C(F)(F)F)ccc3OCc3ccccc3F)CCC2)cnc1C(F)(F)F.[H-].[Na+]. The van der Waals surface area contributed by atoms with Crippen LogP contribution in [0.4, 0.5) is 30.7 Å². The van der Waals surface area contributed by atoms with Crippen LogP contribution >= 0.6 is 0 Å². The van der Waals surface area contributed by atoms with Crippen LogP contribution in [0.15, 0.2) is 54.7 Å². The standard InChI is InChI=1S/C26H18F7NO3.Na.H/c27-21-7-2-1-4-14(21)13-37-22-9-8-16(25(28,29)30)11-19(22)18-6-3-5-17(18)15-10-20(24(35)36)23(34-12-15)26(31,32)33;;/h1-2,4,7-12H,3,5-6,13H2,(H,35,36);;/q;+1;-1. The molecular formula is C26H19F7NNaO3. The number of benzene rings is 2. The zero-order valence-corrected chi connectivity index (χ0v) is 21.9. The van der Waals surface area contributed by atoms with Crippen molar-refractivity contribution in [2.45, 2.75) is 38.2 Å². The van der Waals surface area contributed by atoms with E-state index in [4.69, 9.17) is 4.74 Å². The number of aromatic nitrogens is 1. The first kappa shape index (κ1) is 29.7. The molecule has 0 spiro atoms.